The van der Waals surface area contributed by atoms with E-state index in [9.17, 15) is 33.9 Å². The summed E-state index contributed by atoms with van der Waals surface area (Å²) < 4.78 is 16.2. The molecule has 0 fully saturated rings. The largest absolute Gasteiger partial charge is 0.494 e. The lowest BCUT2D eigenvalue weighted by Gasteiger charge is -2.14. The molecule has 0 saturated carbocycles. The summed E-state index contributed by atoms with van der Waals surface area (Å²) in [5.41, 5.74) is 5.68. The van der Waals surface area contributed by atoms with Gasteiger partial charge in [-0.3, -0.25) is 19.2 Å². The van der Waals surface area contributed by atoms with Gasteiger partial charge in [-0.25, -0.2) is 9.59 Å². The van der Waals surface area contributed by atoms with Crippen molar-refractivity contribution in [2.45, 2.75) is 108 Å². The highest BCUT2D eigenvalue weighted by atomic mass is 16.5. The second-order valence-corrected chi connectivity index (χ2v) is 12.2. The summed E-state index contributed by atoms with van der Waals surface area (Å²) in [5.74, 6) is -2.44. The Balaban J connectivity index is 1.97. The predicted octanol–water partition coefficient (Wildman–Crippen LogP) is 2.89. The molecule has 1 aromatic carbocycles. The molecule has 0 heterocycles. The van der Waals surface area contributed by atoms with E-state index in [-0.39, 0.29) is 75.5 Å². The molecule has 1 aromatic rings. The van der Waals surface area contributed by atoms with E-state index in [1.807, 2.05) is 0 Å². The average Bonchev–Trinajstić information content (AvgIpc) is 3.11. The van der Waals surface area contributed by atoms with Crippen molar-refractivity contribution in [3.8, 4) is 5.75 Å². The molecule has 1 unspecified atom stereocenters. The van der Waals surface area contributed by atoms with E-state index in [0.717, 1.165) is 51.4 Å². The van der Waals surface area contributed by atoms with Gasteiger partial charge in [-0.1, -0.05) is 44.9 Å². The van der Waals surface area contributed by atoms with E-state index in [0.29, 0.717) is 44.6 Å². The Bertz CT molecular complexity index is 1150. The summed E-state index contributed by atoms with van der Waals surface area (Å²) >= 11 is 0. The van der Waals surface area contributed by atoms with Crippen molar-refractivity contribution in [3.63, 3.8) is 0 Å². The Morgan fingerprint density at radius 1 is 0.667 bits per heavy atom. The number of aliphatic carboxylic acids is 1. The van der Waals surface area contributed by atoms with Crippen molar-refractivity contribution < 1.29 is 53.2 Å². The van der Waals surface area contributed by atoms with Gasteiger partial charge in [0.25, 0.3) is 0 Å². The number of rotatable bonds is 33. The van der Waals surface area contributed by atoms with Crippen LogP contribution in [0.2, 0.25) is 0 Å². The quantitative estimate of drug-likeness (QED) is 0.0576. The summed E-state index contributed by atoms with van der Waals surface area (Å²) in [7, 11) is 0. The third kappa shape index (κ3) is 25.5. The number of hydrogen-bond acceptors (Lipinski definition) is 10. The smallest absolute Gasteiger partial charge is 0.335 e. The molecule has 2 atom stereocenters. The van der Waals surface area contributed by atoms with Crippen LogP contribution < -0.4 is 26.4 Å². The van der Waals surface area contributed by atoms with Crippen LogP contribution in [0.4, 0.5) is 0 Å². The predicted molar refractivity (Wildman–Crippen MR) is 189 cm³/mol. The molecule has 1 rings (SSSR count). The fraction of sp³-hybridized carbons (Fsp3) is 0.667. The zero-order valence-corrected chi connectivity index (χ0v) is 29.7. The molecule has 287 valence electrons. The fourth-order valence-corrected chi connectivity index (χ4v) is 4.87. The molecule has 7 N–H and O–H groups in total. The molecule has 0 bridgehead atoms. The molecular formula is C36H57N4O11. The second kappa shape index (κ2) is 29.6. The molecular weight excluding hydrogens is 664 g/mol. The minimum absolute atomic E-state index is 0.0272. The maximum atomic E-state index is 12.3. The van der Waals surface area contributed by atoms with Gasteiger partial charge in [0.2, 0.25) is 24.0 Å². The number of aromatic carboxylic acids is 1. The molecule has 15 heteroatoms. The number of hydrogen-bond donors (Lipinski definition) is 6. The minimum atomic E-state index is -1.19. The van der Waals surface area contributed by atoms with Gasteiger partial charge in [0, 0.05) is 25.9 Å². The Labute approximate surface area is 300 Å². The summed E-state index contributed by atoms with van der Waals surface area (Å²) in [6.45, 7) is 1.80. The van der Waals surface area contributed by atoms with E-state index >= 15 is 0 Å². The second-order valence-electron chi connectivity index (χ2n) is 12.2. The number of carbonyl (C=O) groups is 5. The number of nitrogens with two attached hydrogens (primary N) is 1. The Kier molecular flexibility index (Phi) is 26.1. The molecule has 51 heavy (non-hydrogen) atoms. The SMILES string of the molecule is N[C@H]([C]=O)CCCCNC(=O)COCCOCCNC(=O)CCC(NC(=O)CCCCCCCCCCCOc1ccc(C(=O)O)cc1)C(=O)O. The summed E-state index contributed by atoms with van der Waals surface area (Å²) in [6.07, 6.45) is 12.7. The Hall–Kier alpha value is -4.08. The zero-order chi connectivity index (χ0) is 37.5. The maximum Gasteiger partial charge on any atom is 0.335 e. The van der Waals surface area contributed by atoms with Gasteiger partial charge in [-0.15, -0.1) is 0 Å². The Morgan fingerprint density at radius 2 is 1.29 bits per heavy atom. The first-order valence-electron chi connectivity index (χ1n) is 17.9. The van der Waals surface area contributed by atoms with Crippen molar-refractivity contribution in [2.75, 3.05) is 46.1 Å². The first-order chi connectivity index (χ1) is 24.6. The lowest BCUT2D eigenvalue weighted by atomic mass is 10.1. The van der Waals surface area contributed by atoms with Crippen molar-refractivity contribution in [2.24, 2.45) is 5.73 Å². The molecule has 15 nitrogen and oxygen atoms in total. The molecule has 0 aliphatic rings. The molecule has 0 aliphatic carbocycles. The fourth-order valence-electron chi connectivity index (χ4n) is 4.87. The van der Waals surface area contributed by atoms with E-state index in [4.69, 9.17) is 25.1 Å². The van der Waals surface area contributed by atoms with Crippen LogP contribution in [0.25, 0.3) is 0 Å². The van der Waals surface area contributed by atoms with Crippen LogP contribution in [0, 0.1) is 0 Å². The topological polar surface area (TPSA) is 233 Å². The number of ether oxygens (including phenoxy) is 3. The van der Waals surface area contributed by atoms with Crippen molar-refractivity contribution in [1.29, 1.82) is 0 Å². The number of carboxylic acid groups (broad SMARTS) is 2. The van der Waals surface area contributed by atoms with Gasteiger partial charge in [0.15, 0.2) is 0 Å². The van der Waals surface area contributed by atoms with Crippen LogP contribution in [0.1, 0.15) is 107 Å². The van der Waals surface area contributed by atoms with Gasteiger partial charge in [0.05, 0.1) is 38.0 Å². The molecule has 0 aromatic heterocycles. The number of nitrogens with one attached hydrogen (secondary N) is 3. The minimum Gasteiger partial charge on any atom is -0.494 e. The van der Waals surface area contributed by atoms with Gasteiger partial charge >= 0.3 is 11.9 Å². The third-order valence-electron chi connectivity index (χ3n) is 7.80. The molecule has 3 amide bonds. The van der Waals surface area contributed by atoms with Crippen LogP contribution in [-0.2, 0) is 33.4 Å². The molecule has 1 radical (unpaired) electrons. The van der Waals surface area contributed by atoms with Gasteiger partial charge < -0.3 is 46.1 Å². The van der Waals surface area contributed by atoms with Crippen LogP contribution >= 0.6 is 0 Å². The highest BCUT2D eigenvalue weighted by Gasteiger charge is 2.20. The molecule has 0 saturated heterocycles. The normalized spacial score (nSPS) is 12.0. The van der Waals surface area contributed by atoms with Gasteiger partial charge in [0.1, 0.15) is 18.4 Å². The summed E-state index contributed by atoms with van der Waals surface area (Å²) in [4.78, 5) is 68.9. The van der Waals surface area contributed by atoms with Crippen LogP contribution in [0.5, 0.6) is 5.75 Å². The van der Waals surface area contributed by atoms with Crippen molar-refractivity contribution >= 4 is 35.9 Å². The van der Waals surface area contributed by atoms with Crippen LogP contribution in [0.15, 0.2) is 24.3 Å². The lowest BCUT2D eigenvalue weighted by molar-refractivity contribution is -0.142. The van der Waals surface area contributed by atoms with E-state index in [1.54, 1.807) is 18.4 Å². The monoisotopic (exact) mass is 721 g/mol. The Morgan fingerprint density at radius 3 is 1.94 bits per heavy atom. The zero-order valence-electron chi connectivity index (χ0n) is 29.7. The maximum absolute atomic E-state index is 12.3. The number of carboxylic acids is 2. The van der Waals surface area contributed by atoms with E-state index < -0.39 is 24.0 Å². The highest BCUT2D eigenvalue weighted by molar-refractivity contribution is 5.87. The van der Waals surface area contributed by atoms with Gasteiger partial charge in [-0.05, 0) is 62.8 Å². The lowest BCUT2D eigenvalue weighted by Crippen LogP contribution is -2.41. The molecule has 0 aliphatic heterocycles. The summed E-state index contributed by atoms with van der Waals surface area (Å²) in [6, 6.07) is 4.64. The number of carbonyl (C=O) groups excluding carboxylic acids is 4. The summed E-state index contributed by atoms with van der Waals surface area (Å²) in [5, 5.41) is 26.3. The first-order valence-corrected chi connectivity index (χ1v) is 17.9. The highest BCUT2D eigenvalue weighted by Crippen LogP contribution is 2.14. The number of unbranched alkanes of at least 4 members (excludes halogenated alkanes) is 9. The average molecular weight is 722 g/mol. The van der Waals surface area contributed by atoms with E-state index in [2.05, 4.69) is 16.0 Å². The van der Waals surface area contributed by atoms with Gasteiger partial charge in [-0.2, -0.15) is 0 Å². The van der Waals surface area contributed by atoms with Crippen molar-refractivity contribution in [3.05, 3.63) is 29.8 Å². The van der Waals surface area contributed by atoms with E-state index in [1.165, 1.54) is 12.1 Å². The number of benzene rings is 1. The van der Waals surface area contributed by atoms with Crippen LogP contribution in [0.3, 0.4) is 0 Å². The molecule has 0 spiro atoms. The first kappa shape index (κ1) is 44.9. The standard InChI is InChI=1S/C36H57N4O11/c37-29(26-41)12-9-10-20-38-34(44)27-50-25-24-49-23-21-39-32(42)19-18-31(36(47)48)40-33(43)13-8-6-4-2-1-3-5-7-11-22-51-30-16-14-28(15-17-30)35(45)46/h14-17,29,31H,1-13,18-25,27,37H2,(H,38,44)(H,39,42)(H,40,43)(H,45,46)(H,47,48)/t29-,31?/m0/s1. The van der Waals surface area contributed by atoms with Crippen LogP contribution in [-0.4, -0.2) is 104 Å². The van der Waals surface area contributed by atoms with Crippen molar-refractivity contribution in [1.82, 2.24) is 16.0 Å². The third-order valence-corrected chi connectivity index (χ3v) is 7.80. The number of amides is 3.